The topological polar surface area (TPSA) is 44.8 Å². The quantitative estimate of drug-likeness (QED) is 0.670. The van der Waals surface area contributed by atoms with Crippen molar-refractivity contribution in [2.75, 3.05) is 39.3 Å². The zero-order valence-electron chi connectivity index (χ0n) is 17.7. The van der Waals surface area contributed by atoms with E-state index >= 15 is 0 Å². The molecule has 5 nitrogen and oxygen atoms in total. The molecular formula is C21H41N3O2. The third-order valence-corrected chi connectivity index (χ3v) is 5.68. The third-order valence-electron chi connectivity index (χ3n) is 5.68. The van der Waals surface area contributed by atoms with Crippen molar-refractivity contribution in [1.82, 2.24) is 15.1 Å². The summed E-state index contributed by atoms with van der Waals surface area (Å²) in [5.41, 5.74) is 0. The van der Waals surface area contributed by atoms with Crippen LogP contribution in [-0.2, 0) is 9.53 Å². The van der Waals surface area contributed by atoms with Gasteiger partial charge in [-0.2, -0.15) is 0 Å². The van der Waals surface area contributed by atoms with E-state index in [0.29, 0.717) is 5.92 Å². The van der Waals surface area contributed by atoms with E-state index < -0.39 is 0 Å². The van der Waals surface area contributed by atoms with Gasteiger partial charge in [0.15, 0.2) is 0 Å². The highest BCUT2D eigenvalue weighted by atomic mass is 16.5. The van der Waals surface area contributed by atoms with Gasteiger partial charge in [-0.3, -0.25) is 9.69 Å². The Bertz CT molecular complexity index is 419. The van der Waals surface area contributed by atoms with Crippen LogP contribution in [0.3, 0.4) is 0 Å². The highest BCUT2D eigenvalue weighted by Crippen LogP contribution is 2.19. The molecule has 4 unspecified atom stereocenters. The minimum absolute atomic E-state index is 0.0493. The number of nitrogens with zero attached hydrogens (tertiary/aromatic N) is 2. The van der Waals surface area contributed by atoms with Crippen molar-refractivity contribution in [3.05, 3.63) is 0 Å². The average molecular weight is 368 g/mol. The van der Waals surface area contributed by atoms with Crippen molar-refractivity contribution in [2.24, 2.45) is 11.8 Å². The predicted octanol–water partition coefficient (Wildman–Crippen LogP) is 2.75. The minimum Gasteiger partial charge on any atom is -0.373 e. The number of carbonyl (C=O) groups is 1. The van der Waals surface area contributed by atoms with E-state index in [1.54, 1.807) is 0 Å². The van der Waals surface area contributed by atoms with Gasteiger partial charge < -0.3 is 15.0 Å². The number of rotatable bonds is 8. The van der Waals surface area contributed by atoms with Gasteiger partial charge in [0.05, 0.1) is 18.2 Å². The number of carbonyl (C=O) groups excluding carboxylic acids is 1. The molecule has 2 heterocycles. The van der Waals surface area contributed by atoms with E-state index in [1.165, 1.54) is 38.9 Å². The van der Waals surface area contributed by atoms with Crippen molar-refractivity contribution in [2.45, 2.75) is 78.6 Å². The maximum atomic E-state index is 12.8. The van der Waals surface area contributed by atoms with Gasteiger partial charge in [0.25, 0.3) is 0 Å². The molecule has 5 heteroatoms. The second-order valence-electron chi connectivity index (χ2n) is 8.95. The summed E-state index contributed by atoms with van der Waals surface area (Å²) in [5.74, 6) is 1.34. The molecule has 2 fully saturated rings. The van der Waals surface area contributed by atoms with Crippen LogP contribution >= 0.6 is 0 Å². The van der Waals surface area contributed by atoms with Gasteiger partial charge in [-0.05, 0) is 64.5 Å². The lowest BCUT2D eigenvalue weighted by Gasteiger charge is -2.41. The molecule has 0 aliphatic carbocycles. The Kier molecular flexibility index (Phi) is 8.85. The first-order valence-electron chi connectivity index (χ1n) is 10.8. The molecule has 4 atom stereocenters. The van der Waals surface area contributed by atoms with Gasteiger partial charge >= 0.3 is 0 Å². The number of nitrogens with one attached hydrogen (secondary N) is 1. The molecule has 2 rings (SSSR count). The maximum absolute atomic E-state index is 12.8. The molecule has 0 saturated carbocycles. The summed E-state index contributed by atoms with van der Waals surface area (Å²) in [6, 6.07) is -0.0493. The molecule has 1 N–H and O–H groups in total. The van der Waals surface area contributed by atoms with Crippen LogP contribution < -0.4 is 5.32 Å². The normalized spacial score (nSPS) is 29.7. The van der Waals surface area contributed by atoms with E-state index in [9.17, 15) is 4.79 Å². The highest BCUT2D eigenvalue weighted by Gasteiger charge is 2.33. The van der Waals surface area contributed by atoms with Gasteiger partial charge in [0, 0.05) is 26.2 Å². The molecule has 0 radical (unpaired) electrons. The molecule has 2 aliphatic heterocycles. The second-order valence-corrected chi connectivity index (χ2v) is 8.95. The standard InChI is InChI=1S/C21H41N3O2/c1-16(2)20(24-14-18(4)26-19(5)15-24)21(25)22-10-6-7-11-23-12-8-9-17(3)13-23/h16-20H,6-15H2,1-5H3,(H,22,25). The Morgan fingerprint density at radius 1 is 1.12 bits per heavy atom. The number of piperidine rings is 1. The first kappa shape index (κ1) is 21.6. The Labute approximate surface area is 160 Å². The Balaban J connectivity index is 1.70. The van der Waals surface area contributed by atoms with Crippen LogP contribution in [0.15, 0.2) is 0 Å². The average Bonchev–Trinajstić information content (AvgIpc) is 2.53. The molecule has 0 aromatic heterocycles. The monoisotopic (exact) mass is 367 g/mol. The number of ether oxygens (including phenoxy) is 1. The Hall–Kier alpha value is -0.650. The minimum atomic E-state index is -0.0493. The van der Waals surface area contributed by atoms with Gasteiger partial charge in [0.1, 0.15) is 0 Å². The zero-order valence-corrected chi connectivity index (χ0v) is 17.7. The smallest absolute Gasteiger partial charge is 0.237 e. The number of morpholine rings is 1. The first-order chi connectivity index (χ1) is 12.4. The molecule has 0 spiro atoms. The van der Waals surface area contributed by atoms with E-state index in [0.717, 1.165) is 32.0 Å². The van der Waals surface area contributed by atoms with Crippen LogP contribution in [0.5, 0.6) is 0 Å². The first-order valence-corrected chi connectivity index (χ1v) is 10.8. The van der Waals surface area contributed by atoms with Crippen molar-refractivity contribution in [1.29, 1.82) is 0 Å². The summed E-state index contributed by atoms with van der Waals surface area (Å²) >= 11 is 0. The van der Waals surface area contributed by atoms with Crippen molar-refractivity contribution in [3.63, 3.8) is 0 Å². The van der Waals surface area contributed by atoms with Crippen LogP contribution in [0, 0.1) is 11.8 Å². The SMILES string of the molecule is CC1CCCN(CCCCNC(=O)C(C(C)C)N2CC(C)OC(C)C2)C1. The third kappa shape index (κ3) is 6.82. The summed E-state index contributed by atoms with van der Waals surface area (Å²) in [6.07, 6.45) is 5.34. The molecular weight excluding hydrogens is 326 g/mol. The summed E-state index contributed by atoms with van der Waals surface area (Å²) in [4.78, 5) is 17.7. The molecule has 0 aromatic rings. The summed E-state index contributed by atoms with van der Waals surface area (Å²) in [7, 11) is 0. The predicted molar refractivity (Wildman–Crippen MR) is 107 cm³/mol. The highest BCUT2D eigenvalue weighted by molar-refractivity contribution is 5.82. The van der Waals surface area contributed by atoms with Crippen LogP contribution in [0.2, 0.25) is 0 Å². The lowest BCUT2D eigenvalue weighted by atomic mass is 9.99. The van der Waals surface area contributed by atoms with E-state index in [1.807, 2.05) is 0 Å². The molecule has 0 aromatic carbocycles. The van der Waals surface area contributed by atoms with Gasteiger partial charge in [-0.25, -0.2) is 0 Å². The van der Waals surface area contributed by atoms with E-state index in [4.69, 9.17) is 4.74 Å². The van der Waals surface area contributed by atoms with Crippen LogP contribution in [0.4, 0.5) is 0 Å². The fraction of sp³-hybridized carbons (Fsp3) is 0.952. The molecule has 0 bridgehead atoms. The molecule has 152 valence electrons. The molecule has 2 saturated heterocycles. The van der Waals surface area contributed by atoms with Crippen LogP contribution in [0.25, 0.3) is 0 Å². The van der Waals surface area contributed by atoms with E-state index in [2.05, 4.69) is 49.7 Å². The van der Waals surface area contributed by atoms with Crippen molar-refractivity contribution < 1.29 is 9.53 Å². The van der Waals surface area contributed by atoms with Crippen LogP contribution in [-0.4, -0.2) is 73.2 Å². The van der Waals surface area contributed by atoms with Gasteiger partial charge in [-0.1, -0.05) is 20.8 Å². The van der Waals surface area contributed by atoms with Crippen LogP contribution in [0.1, 0.15) is 60.3 Å². The summed E-state index contributed by atoms with van der Waals surface area (Å²) < 4.78 is 5.83. The summed E-state index contributed by atoms with van der Waals surface area (Å²) in [6.45, 7) is 17.0. The fourth-order valence-electron chi connectivity index (χ4n) is 4.60. The fourth-order valence-corrected chi connectivity index (χ4v) is 4.60. The lowest BCUT2D eigenvalue weighted by Crippen LogP contribution is -2.57. The number of hydrogen-bond donors (Lipinski definition) is 1. The van der Waals surface area contributed by atoms with Crippen molar-refractivity contribution in [3.8, 4) is 0 Å². The lowest BCUT2D eigenvalue weighted by molar-refractivity contribution is -0.135. The molecule has 2 aliphatic rings. The largest absolute Gasteiger partial charge is 0.373 e. The number of hydrogen-bond acceptors (Lipinski definition) is 4. The Morgan fingerprint density at radius 3 is 2.42 bits per heavy atom. The number of unbranched alkanes of at least 4 members (excludes halogenated alkanes) is 1. The Morgan fingerprint density at radius 2 is 1.81 bits per heavy atom. The summed E-state index contributed by atoms with van der Waals surface area (Å²) in [5, 5.41) is 3.20. The number of amides is 1. The van der Waals surface area contributed by atoms with E-state index in [-0.39, 0.29) is 24.2 Å². The second kappa shape index (κ2) is 10.6. The van der Waals surface area contributed by atoms with Gasteiger partial charge in [-0.15, -0.1) is 0 Å². The molecule has 26 heavy (non-hydrogen) atoms. The molecule has 1 amide bonds. The number of likely N-dealkylation sites (tertiary alicyclic amines) is 1. The maximum Gasteiger partial charge on any atom is 0.237 e. The van der Waals surface area contributed by atoms with Crippen molar-refractivity contribution >= 4 is 5.91 Å². The van der Waals surface area contributed by atoms with Gasteiger partial charge in [0.2, 0.25) is 5.91 Å². The zero-order chi connectivity index (χ0) is 19.1.